The van der Waals surface area contributed by atoms with Crippen LogP contribution in [0.1, 0.15) is 53.3 Å². The molecule has 5 heteroatoms. The average Bonchev–Trinajstić information content (AvgIpc) is 3.04. The maximum Gasteiger partial charge on any atom is 0.273 e. The highest BCUT2D eigenvalue weighted by Crippen LogP contribution is 2.32. The van der Waals surface area contributed by atoms with E-state index >= 15 is 0 Å². The summed E-state index contributed by atoms with van der Waals surface area (Å²) in [5.74, 6) is 0.971. The van der Waals surface area contributed by atoms with E-state index in [0.717, 1.165) is 64.2 Å². The number of carbonyl (C=O) groups is 1. The molecule has 1 amide bonds. The molecule has 28 heavy (non-hydrogen) atoms. The van der Waals surface area contributed by atoms with Crippen LogP contribution in [0.15, 0.2) is 42.5 Å². The first-order valence-electron chi connectivity index (χ1n) is 10.5. The normalized spacial score (nSPS) is 20.7. The lowest BCUT2D eigenvalue weighted by Crippen LogP contribution is -2.39. The summed E-state index contributed by atoms with van der Waals surface area (Å²) in [6, 6.07) is 14.6. The molecule has 1 N–H and O–H groups in total. The number of carbonyl (C=O) groups excluding carboxylic acids is 1. The molecular formula is C23H30N4O. The molecule has 148 valence electrons. The Hall–Kier alpha value is -2.40. The number of anilines is 1. The number of rotatable bonds is 3. The Bertz CT molecular complexity index is 797. The fourth-order valence-electron chi connectivity index (χ4n) is 4.25. The minimum absolute atomic E-state index is 0.0556. The summed E-state index contributed by atoms with van der Waals surface area (Å²) in [5.41, 5.74) is 3.04. The van der Waals surface area contributed by atoms with Crippen molar-refractivity contribution < 1.29 is 4.79 Å². The number of pyridine rings is 1. The maximum absolute atomic E-state index is 13.4. The van der Waals surface area contributed by atoms with Crippen molar-refractivity contribution in [2.45, 2.75) is 38.6 Å². The Kier molecular flexibility index (Phi) is 5.91. The van der Waals surface area contributed by atoms with Crippen molar-refractivity contribution in [2.24, 2.45) is 0 Å². The van der Waals surface area contributed by atoms with E-state index in [-0.39, 0.29) is 11.9 Å². The average molecular weight is 379 g/mol. The van der Waals surface area contributed by atoms with E-state index in [2.05, 4.69) is 41.4 Å². The van der Waals surface area contributed by atoms with Gasteiger partial charge in [-0.1, -0.05) is 35.9 Å². The zero-order chi connectivity index (χ0) is 19.3. The molecule has 0 aliphatic carbocycles. The largest absolute Gasteiger partial charge is 0.355 e. The third-order valence-corrected chi connectivity index (χ3v) is 5.84. The number of benzene rings is 1. The number of nitrogens with zero attached hydrogens (tertiary/aromatic N) is 3. The summed E-state index contributed by atoms with van der Waals surface area (Å²) in [4.78, 5) is 22.5. The fourth-order valence-corrected chi connectivity index (χ4v) is 4.25. The smallest absolute Gasteiger partial charge is 0.273 e. The number of aryl methyl sites for hydroxylation is 1. The first-order valence-corrected chi connectivity index (χ1v) is 10.5. The van der Waals surface area contributed by atoms with Crippen molar-refractivity contribution in [3.63, 3.8) is 0 Å². The van der Waals surface area contributed by atoms with Crippen LogP contribution in [0.25, 0.3) is 0 Å². The van der Waals surface area contributed by atoms with E-state index in [0.29, 0.717) is 5.69 Å². The van der Waals surface area contributed by atoms with Crippen LogP contribution in [-0.2, 0) is 0 Å². The molecule has 1 atom stereocenters. The van der Waals surface area contributed by atoms with Gasteiger partial charge >= 0.3 is 0 Å². The van der Waals surface area contributed by atoms with E-state index in [1.54, 1.807) is 0 Å². The highest BCUT2D eigenvalue weighted by Gasteiger charge is 2.29. The second-order valence-electron chi connectivity index (χ2n) is 7.89. The molecule has 4 rings (SSSR count). The van der Waals surface area contributed by atoms with E-state index in [4.69, 9.17) is 4.98 Å². The van der Waals surface area contributed by atoms with Crippen molar-refractivity contribution in [3.05, 3.63) is 59.3 Å². The number of aromatic nitrogens is 1. The number of piperidine rings is 1. The Morgan fingerprint density at radius 3 is 2.71 bits per heavy atom. The van der Waals surface area contributed by atoms with Crippen LogP contribution < -0.4 is 10.2 Å². The van der Waals surface area contributed by atoms with Crippen LogP contribution >= 0.6 is 0 Å². The van der Waals surface area contributed by atoms with Crippen LogP contribution in [0, 0.1) is 6.92 Å². The van der Waals surface area contributed by atoms with E-state index in [1.807, 2.05) is 23.1 Å². The summed E-state index contributed by atoms with van der Waals surface area (Å²) in [6.07, 6.45) is 4.34. The minimum atomic E-state index is 0.0556. The van der Waals surface area contributed by atoms with Gasteiger partial charge in [0, 0.05) is 26.2 Å². The third kappa shape index (κ3) is 4.20. The molecule has 2 fully saturated rings. The van der Waals surface area contributed by atoms with Gasteiger partial charge in [0.05, 0.1) is 6.04 Å². The summed E-state index contributed by atoms with van der Waals surface area (Å²) in [5, 5.41) is 3.42. The molecule has 0 spiro atoms. The first kappa shape index (κ1) is 18.9. The van der Waals surface area contributed by atoms with Crippen LogP contribution in [0.4, 0.5) is 5.82 Å². The number of hydrogen-bond acceptors (Lipinski definition) is 4. The Morgan fingerprint density at radius 1 is 1.00 bits per heavy atom. The van der Waals surface area contributed by atoms with Gasteiger partial charge in [0.2, 0.25) is 0 Å². The molecule has 2 aromatic rings. The molecule has 3 heterocycles. The van der Waals surface area contributed by atoms with Gasteiger partial charge in [-0.25, -0.2) is 4.98 Å². The fraction of sp³-hybridized carbons (Fsp3) is 0.478. The second kappa shape index (κ2) is 8.74. The van der Waals surface area contributed by atoms with Gasteiger partial charge in [-0.3, -0.25) is 4.79 Å². The van der Waals surface area contributed by atoms with Gasteiger partial charge in [-0.15, -0.1) is 0 Å². The molecular weight excluding hydrogens is 348 g/mol. The highest BCUT2D eigenvalue weighted by atomic mass is 16.2. The lowest BCUT2D eigenvalue weighted by atomic mass is 9.94. The summed E-state index contributed by atoms with van der Waals surface area (Å²) in [6.45, 7) is 6.81. The van der Waals surface area contributed by atoms with Crippen LogP contribution in [0.5, 0.6) is 0 Å². The van der Waals surface area contributed by atoms with Gasteiger partial charge in [0.15, 0.2) is 0 Å². The predicted molar refractivity (Wildman–Crippen MR) is 113 cm³/mol. The molecule has 2 aliphatic rings. The van der Waals surface area contributed by atoms with Crippen molar-refractivity contribution in [2.75, 3.05) is 37.6 Å². The molecule has 2 saturated heterocycles. The molecule has 0 radical (unpaired) electrons. The van der Waals surface area contributed by atoms with Gasteiger partial charge in [-0.05, 0) is 56.8 Å². The lowest BCUT2D eigenvalue weighted by Gasteiger charge is -2.36. The number of hydrogen-bond donors (Lipinski definition) is 1. The molecule has 1 aromatic carbocycles. The number of likely N-dealkylation sites (tertiary alicyclic amines) is 1. The van der Waals surface area contributed by atoms with Gasteiger partial charge in [-0.2, -0.15) is 0 Å². The van der Waals surface area contributed by atoms with E-state index in [1.165, 1.54) is 11.1 Å². The monoisotopic (exact) mass is 378 g/mol. The standard InChI is InChI=1S/C23H30N4O/c1-18-9-11-19(12-10-18)21-7-2-3-16-27(21)23(28)20-6-4-8-22(25-20)26-15-5-13-24-14-17-26/h4,6,8-12,21,24H,2-3,5,7,13-17H2,1H3. The van der Waals surface area contributed by atoms with Crippen molar-refractivity contribution >= 4 is 11.7 Å². The highest BCUT2D eigenvalue weighted by molar-refractivity contribution is 5.93. The summed E-state index contributed by atoms with van der Waals surface area (Å²) < 4.78 is 0. The van der Waals surface area contributed by atoms with Crippen molar-refractivity contribution in [3.8, 4) is 0 Å². The number of nitrogens with one attached hydrogen (secondary N) is 1. The Balaban J connectivity index is 1.56. The van der Waals surface area contributed by atoms with Gasteiger partial charge in [0.25, 0.3) is 5.91 Å². The van der Waals surface area contributed by atoms with Crippen LogP contribution in [0.2, 0.25) is 0 Å². The quantitative estimate of drug-likeness (QED) is 0.887. The van der Waals surface area contributed by atoms with Crippen LogP contribution in [-0.4, -0.2) is 48.5 Å². The van der Waals surface area contributed by atoms with Gasteiger partial charge < -0.3 is 15.1 Å². The van der Waals surface area contributed by atoms with Crippen LogP contribution in [0.3, 0.4) is 0 Å². The van der Waals surface area contributed by atoms with E-state index < -0.39 is 0 Å². The molecule has 0 bridgehead atoms. The molecule has 1 unspecified atom stereocenters. The van der Waals surface area contributed by atoms with Crippen molar-refractivity contribution in [1.82, 2.24) is 15.2 Å². The SMILES string of the molecule is Cc1ccc(C2CCCCN2C(=O)c2cccc(N3CCCNCC3)n2)cc1. The first-order chi connectivity index (χ1) is 13.7. The molecule has 2 aliphatic heterocycles. The lowest BCUT2D eigenvalue weighted by molar-refractivity contribution is 0.0605. The van der Waals surface area contributed by atoms with Crippen molar-refractivity contribution in [1.29, 1.82) is 0 Å². The maximum atomic E-state index is 13.4. The van der Waals surface area contributed by atoms with E-state index in [9.17, 15) is 4.79 Å². The zero-order valence-corrected chi connectivity index (χ0v) is 16.7. The topological polar surface area (TPSA) is 48.5 Å². The second-order valence-corrected chi connectivity index (χ2v) is 7.89. The molecule has 5 nitrogen and oxygen atoms in total. The molecule has 1 aromatic heterocycles. The summed E-state index contributed by atoms with van der Waals surface area (Å²) in [7, 11) is 0. The third-order valence-electron chi connectivity index (χ3n) is 5.84. The predicted octanol–water partition coefficient (Wildman–Crippen LogP) is 3.56. The van der Waals surface area contributed by atoms with Gasteiger partial charge in [0.1, 0.15) is 11.5 Å². The summed E-state index contributed by atoms with van der Waals surface area (Å²) >= 11 is 0. The number of amides is 1. The zero-order valence-electron chi connectivity index (χ0n) is 16.7. The Labute approximate surface area is 167 Å². The molecule has 0 saturated carbocycles. The minimum Gasteiger partial charge on any atom is -0.355 e. The Morgan fingerprint density at radius 2 is 1.86 bits per heavy atom.